The van der Waals surface area contributed by atoms with E-state index in [-0.39, 0.29) is 5.91 Å². The largest absolute Gasteiger partial charge is 0.372 e. The summed E-state index contributed by atoms with van der Waals surface area (Å²) in [4.78, 5) is 13.4. The molecular formula is C12H23N3O2. The molecule has 98 valence electrons. The van der Waals surface area contributed by atoms with E-state index >= 15 is 0 Å². The van der Waals surface area contributed by atoms with Crippen LogP contribution < -0.4 is 11.3 Å². The number of rotatable bonds is 6. The maximum atomic E-state index is 10.9. The van der Waals surface area contributed by atoms with Crippen LogP contribution in [-0.2, 0) is 9.53 Å². The molecule has 2 heterocycles. The number of ether oxygens (including phenoxy) is 1. The molecule has 2 unspecified atom stereocenters. The van der Waals surface area contributed by atoms with Crippen molar-refractivity contribution in [3.05, 3.63) is 0 Å². The standard InChI is InChI=1S/C12H23N3O2/c13-14-12(16)4-2-1-3-7-15-8-10-5-6-11(9-15)17-10/h10-11H,1-9,13H2,(H,14,16). The Morgan fingerprint density at radius 2 is 1.94 bits per heavy atom. The van der Waals surface area contributed by atoms with Crippen LogP contribution in [0.4, 0.5) is 0 Å². The molecule has 2 saturated heterocycles. The molecule has 0 aromatic carbocycles. The molecule has 2 bridgehead atoms. The summed E-state index contributed by atoms with van der Waals surface area (Å²) in [5.74, 6) is 4.96. The van der Waals surface area contributed by atoms with E-state index in [4.69, 9.17) is 10.6 Å². The third kappa shape index (κ3) is 3.94. The smallest absolute Gasteiger partial charge is 0.233 e. The Balaban J connectivity index is 1.52. The fraction of sp³-hybridized carbons (Fsp3) is 0.917. The van der Waals surface area contributed by atoms with E-state index in [9.17, 15) is 4.79 Å². The maximum absolute atomic E-state index is 10.9. The van der Waals surface area contributed by atoms with Crippen molar-refractivity contribution < 1.29 is 9.53 Å². The third-order valence-electron chi connectivity index (χ3n) is 3.66. The van der Waals surface area contributed by atoms with Crippen molar-refractivity contribution in [3.63, 3.8) is 0 Å². The number of morpholine rings is 1. The Hall–Kier alpha value is -0.650. The fourth-order valence-corrected chi connectivity index (χ4v) is 2.75. The van der Waals surface area contributed by atoms with Crippen molar-refractivity contribution in [2.24, 2.45) is 5.84 Å². The van der Waals surface area contributed by atoms with Crippen LogP contribution in [0.25, 0.3) is 0 Å². The van der Waals surface area contributed by atoms with Crippen molar-refractivity contribution >= 4 is 5.91 Å². The van der Waals surface area contributed by atoms with Gasteiger partial charge in [-0.1, -0.05) is 6.42 Å². The Labute approximate surface area is 103 Å². The Bertz CT molecular complexity index is 248. The highest BCUT2D eigenvalue weighted by Crippen LogP contribution is 2.26. The predicted octanol–water partition coefficient (Wildman–Crippen LogP) is 0.400. The SMILES string of the molecule is NNC(=O)CCCCCN1CC2CCC(C1)O2. The second kappa shape index (κ2) is 6.33. The first kappa shape index (κ1) is 12.8. The quantitative estimate of drug-likeness (QED) is 0.306. The molecule has 0 aliphatic carbocycles. The second-order valence-electron chi connectivity index (χ2n) is 5.10. The molecule has 5 heteroatoms. The molecule has 0 spiro atoms. The lowest BCUT2D eigenvalue weighted by Crippen LogP contribution is -2.42. The maximum Gasteiger partial charge on any atom is 0.233 e. The summed E-state index contributed by atoms with van der Waals surface area (Å²) in [5.41, 5.74) is 2.16. The van der Waals surface area contributed by atoms with E-state index < -0.39 is 0 Å². The van der Waals surface area contributed by atoms with Crippen LogP contribution in [0.1, 0.15) is 38.5 Å². The van der Waals surface area contributed by atoms with Gasteiger partial charge in [0.1, 0.15) is 0 Å². The monoisotopic (exact) mass is 241 g/mol. The lowest BCUT2D eigenvalue weighted by molar-refractivity contribution is -0.121. The highest BCUT2D eigenvalue weighted by molar-refractivity contribution is 5.74. The zero-order chi connectivity index (χ0) is 12.1. The van der Waals surface area contributed by atoms with Crippen LogP contribution in [0.5, 0.6) is 0 Å². The average Bonchev–Trinajstić information content (AvgIpc) is 2.68. The number of hydrogen-bond acceptors (Lipinski definition) is 4. The number of hydrogen-bond donors (Lipinski definition) is 2. The summed E-state index contributed by atoms with van der Waals surface area (Å²) in [6.07, 6.45) is 7.17. The number of carbonyl (C=O) groups is 1. The van der Waals surface area contributed by atoms with Gasteiger partial charge in [0, 0.05) is 19.5 Å². The van der Waals surface area contributed by atoms with E-state index in [1.54, 1.807) is 0 Å². The number of carbonyl (C=O) groups excluding carboxylic acids is 1. The Morgan fingerprint density at radius 1 is 1.24 bits per heavy atom. The van der Waals surface area contributed by atoms with Crippen molar-refractivity contribution in [2.45, 2.75) is 50.7 Å². The van der Waals surface area contributed by atoms with Crippen LogP contribution in [0.15, 0.2) is 0 Å². The molecule has 0 aromatic rings. The van der Waals surface area contributed by atoms with Crippen molar-refractivity contribution in [3.8, 4) is 0 Å². The molecule has 2 aliphatic heterocycles. The number of amides is 1. The zero-order valence-corrected chi connectivity index (χ0v) is 10.4. The number of nitrogens with one attached hydrogen (secondary N) is 1. The van der Waals surface area contributed by atoms with Gasteiger partial charge in [-0.3, -0.25) is 15.1 Å². The highest BCUT2D eigenvalue weighted by Gasteiger charge is 2.33. The van der Waals surface area contributed by atoms with Crippen LogP contribution in [0, 0.1) is 0 Å². The van der Waals surface area contributed by atoms with Crippen molar-refractivity contribution in [1.29, 1.82) is 0 Å². The van der Waals surface area contributed by atoms with Gasteiger partial charge in [0.25, 0.3) is 0 Å². The zero-order valence-electron chi connectivity index (χ0n) is 10.4. The third-order valence-corrected chi connectivity index (χ3v) is 3.66. The summed E-state index contributed by atoms with van der Waals surface area (Å²) < 4.78 is 5.79. The molecule has 0 aromatic heterocycles. The first-order valence-electron chi connectivity index (χ1n) is 6.65. The van der Waals surface area contributed by atoms with Crippen molar-refractivity contribution in [1.82, 2.24) is 10.3 Å². The van der Waals surface area contributed by atoms with Crippen LogP contribution >= 0.6 is 0 Å². The summed E-state index contributed by atoms with van der Waals surface area (Å²) in [6, 6.07) is 0. The first-order chi connectivity index (χ1) is 8.28. The summed E-state index contributed by atoms with van der Waals surface area (Å²) in [5, 5.41) is 0. The first-order valence-corrected chi connectivity index (χ1v) is 6.65. The van der Waals surface area contributed by atoms with Crippen LogP contribution in [0.3, 0.4) is 0 Å². The van der Waals surface area contributed by atoms with E-state index in [0.717, 1.165) is 38.9 Å². The molecule has 5 nitrogen and oxygen atoms in total. The van der Waals surface area contributed by atoms with Gasteiger partial charge in [0.2, 0.25) is 5.91 Å². The van der Waals surface area contributed by atoms with E-state index in [1.165, 1.54) is 12.8 Å². The fourth-order valence-electron chi connectivity index (χ4n) is 2.75. The van der Waals surface area contributed by atoms with E-state index in [2.05, 4.69) is 10.3 Å². The Morgan fingerprint density at radius 3 is 2.59 bits per heavy atom. The highest BCUT2D eigenvalue weighted by atomic mass is 16.5. The number of likely N-dealkylation sites (tertiary alicyclic amines) is 1. The van der Waals surface area contributed by atoms with Gasteiger partial charge in [-0.25, -0.2) is 5.84 Å². The minimum atomic E-state index is -0.0607. The molecule has 2 rings (SSSR count). The molecule has 3 N–H and O–H groups in total. The summed E-state index contributed by atoms with van der Waals surface area (Å²) in [6.45, 7) is 3.33. The molecule has 1 amide bonds. The molecule has 17 heavy (non-hydrogen) atoms. The van der Waals surface area contributed by atoms with Crippen LogP contribution in [0.2, 0.25) is 0 Å². The van der Waals surface area contributed by atoms with Gasteiger partial charge in [0.05, 0.1) is 12.2 Å². The number of nitrogens with two attached hydrogens (primary N) is 1. The minimum Gasteiger partial charge on any atom is -0.372 e. The minimum absolute atomic E-state index is 0.0607. The summed E-state index contributed by atoms with van der Waals surface area (Å²) in [7, 11) is 0. The Kier molecular flexibility index (Phi) is 4.76. The molecule has 2 fully saturated rings. The number of unbranched alkanes of at least 4 members (excludes halogenated alkanes) is 2. The van der Waals surface area contributed by atoms with E-state index in [1.807, 2.05) is 0 Å². The van der Waals surface area contributed by atoms with Gasteiger partial charge in [-0.05, 0) is 32.2 Å². The van der Waals surface area contributed by atoms with Gasteiger partial charge in [-0.2, -0.15) is 0 Å². The van der Waals surface area contributed by atoms with Gasteiger partial charge < -0.3 is 4.74 Å². The molecular weight excluding hydrogens is 218 g/mol. The predicted molar refractivity (Wildman–Crippen MR) is 65.1 cm³/mol. The van der Waals surface area contributed by atoms with Gasteiger partial charge in [-0.15, -0.1) is 0 Å². The molecule has 0 radical (unpaired) electrons. The average molecular weight is 241 g/mol. The lowest BCUT2D eigenvalue weighted by atomic mass is 10.1. The van der Waals surface area contributed by atoms with Crippen molar-refractivity contribution in [2.75, 3.05) is 19.6 Å². The normalized spacial score (nSPS) is 28.3. The molecule has 0 saturated carbocycles. The number of nitrogens with zero attached hydrogens (tertiary/aromatic N) is 1. The van der Waals surface area contributed by atoms with Gasteiger partial charge in [0.15, 0.2) is 0 Å². The molecule has 2 atom stereocenters. The van der Waals surface area contributed by atoms with E-state index in [0.29, 0.717) is 18.6 Å². The van der Waals surface area contributed by atoms with Gasteiger partial charge >= 0.3 is 0 Å². The second-order valence-corrected chi connectivity index (χ2v) is 5.10. The topological polar surface area (TPSA) is 67.6 Å². The lowest BCUT2D eigenvalue weighted by Gasteiger charge is -2.31. The van der Waals surface area contributed by atoms with Crippen LogP contribution in [-0.4, -0.2) is 42.6 Å². The number of fused-ring (bicyclic) bond motifs is 2. The molecule has 2 aliphatic rings. The summed E-state index contributed by atoms with van der Waals surface area (Å²) >= 11 is 0. The number of hydrazine groups is 1.